The van der Waals surface area contributed by atoms with Crippen LogP contribution in [0.25, 0.3) is 0 Å². The van der Waals surface area contributed by atoms with Gasteiger partial charge in [0.05, 0.1) is 0 Å². The fraction of sp³-hybridized carbons (Fsp3) is 0.625. The molecule has 4 aliphatic heterocycles. The van der Waals surface area contributed by atoms with Crippen molar-refractivity contribution in [2.45, 2.75) is 38.3 Å². The average molecular weight is 440 g/mol. The van der Waals surface area contributed by atoms with Crippen LogP contribution in [0.1, 0.15) is 41.6 Å². The molecule has 32 heavy (non-hydrogen) atoms. The van der Waals surface area contributed by atoms with Gasteiger partial charge in [0.15, 0.2) is 0 Å². The van der Waals surface area contributed by atoms with E-state index in [2.05, 4.69) is 21.2 Å². The lowest BCUT2D eigenvalue weighted by molar-refractivity contribution is -0.150. The van der Waals surface area contributed by atoms with Gasteiger partial charge in [-0.15, -0.1) is 0 Å². The van der Waals surface area contributed by atoms with Gasteiger partial charge in [-0.1, -0.05) is 0 Å². The smallest absolute Gasteiger partial charge is 0.255 e. The average Bonchev–Trinajstić information content (AvgIpc) is 3.14. The molecule has 5 rings (SSSR count). The van der Waals surface area contributed by atoms with Gasteiger partial charge >= 0.3 is 0 Å². The van der Waals surface area contributed by atoms with Crippen molar-refractivity contribution in [2.75, 3.05) is 57.8 Å². The minimum absolute atomic E-state index is 0.0977. The second-order valence-corrected chi connectivity index (χ2v) is 9.60. The highest BCUT2D eigenvalue weighted by Gasteiger charge is 2.41. The number of hydrogen-bond donors (Lipinski definition) is 1. The number of benzene rings is 1. The molecule has 3 amide bonds. The number of nitrogens with zero attached hydrogens (tertiary/aromatic N) is 4. The molecular weight excluding hydrogens is 406 g/mol. The van der Waals surface area contributed by atoms with E-state index < -0.39 is 6.04 Å². The first kappa shape index (κ1) is 21.4. The Morgan fingerprint density at radius 3 is 2.50 bits per heavy atom. The molecule has 0 radical (unpaired) electrons. The number of imide groups is 1. The summed E-state index contributed by atoms with van der Waals surface area (Å²) in [6.45, 7) is 8.08. The summed E-state index contributed by atoms with van der Waals surface area (Å²) < 4.78 is 0. The number of amides is 3. The van der Waals surface area contributed by atoms with Crippen LogP contribution in [0, 0.1) is 5.92 Å². The lowest BCUT2D eigenvalue weighted by Crippen LogP contribution is -2.53. The van der Waals surface area contributed by atoms with E-state index in [-0.39, 0.29) is 17.7 Å². The number of carbonyl (C=O) groups excluding carboxylic acids is 3. The fourth-order valence-electron chi connectivity index (χ4n) is 5.58. The van der Waals surface area contributed by atoms with Crippen molar-refractivity contribution in [1.82, 2.24) is 20.0 Å². The van der Waals surface area contributed by atoms with E-state index >= 15 is 0 Å². The maximum Gasteiger partial charge on any atom is 0.255 e. The first-order chi connectivity index (χ1) is 15.5. The first-order valence-electron chi connectivity index (χ1n) is 11.9. The van der Waals surface area contributed by atoms with Crippen molar-refractivity contribution in [3.8, 4) is 0 Å². The quantitative estimate of drug-likeness (QED) is 0.703. The molecule has 0 aliphatic carbocycles. The zero-order valence-electron chi connectivity index (χ0n) is 18.9. The minimum atomic E-state index is -0.542. The molecule has 1 unspecified atom stereocenters. The number of likely N-dealkylation sites (tertiary alicyclic amines) is 1. The minimum Gasteiger partial charge on any atom is -0.369 e. The Hall–Kier alpha value is -2.45. The maximum atomic E-state index is 13.0. The summed E-state index contributed by atoms with van der Waals surface area (Å²) in [7, 11) is 1.51. The highest BCUT2D eigenvalue weighted by atomic mass is 16.2. The van der Waals surface area contributed by atoms with E-state index in [9.17, 15) is 14.4 Å². The molecule has 1 atom stereocenters. The number of fused-ring (bicyclic) bond motifs is 1. The van der Waals surface area contributed by atoms with E-state index in [1.165, 1.54) is 31.3 Å². The summed E-state index contributed by atoms with van der Waals surface area (Å²) >= 11 is 0. The van der Waals surface area contributed by atoms with Crippen LogP contribution in [-0.2, 0) is 16.1 Å². The molecule has 1 aromatic carbocycles. The number of likely N-dealkylation sites (N-methyl/N-ethyl adjacent to an activating group) is 1. The third-order valence-corrected chi connectivity index (χ3v) is 7.63. The van der Waals surface area contributed by atoms with E-state index in [0.29, 0.717) is 24.9 Å². The number of carbonyl (C=O) groups is 3. The Morgan fingerprint density at radius 1 is 1.00 bits per heavy atom. The molecule has 8 nitrogen and oxygen atoms in total. The van der Waals surface area contributed by atoms with E-state index in [4.69, 9.17) is 0 Å². The van der Waals surface area contributed by atoms with Crippen LogP contribution in [0.15, 0.2) is 18.2 Å². The Labute approximate surface area is 189 Å². The number of rotatable bonds is 4. The lowest BCUT2D eigenvalue weighted by atomic mass is 9.97. The summed E-state index contributed by atoms with van der Waals surface area (Å²) in [6, 6.07) is 5.54. The van der Waals surface area contributed by atoms with Gasteiger partial charge in [-0.05, 0) is 62.0 Å². The van der Waals surface area contributed by atoms with Crippen LogP contribution >= 0.6 is 0 Å². The molecule has 0 bridgehead atoms. The molecular formula is C24H33N5O3. The van der Waals surface area contributed by atoms with E-state index in [0.717, 1.165) is 56.4 Å². The Bertz CT molecular complexity index is 905. The highest BCUT2D eigenvalue weighted by Crippen LogP contribution is 2.32. The summed E-state index contributed by atoms with van der Waals surface area (Å²) in [5, 5.41) is 3.44. The van der Waals surface area contributed by atoms with Gasteiger partial charge in [0.2, 0.25) is 5.91 Å². The Morgan fingerprint density at radius 2 is 1.75 bits per heavy atom. The molecule has 8 heteroatoms. The number of hydrogen-bond acceptors (Lipinski definition) is 6. The zero-order valence-corrected chi connectivity index (χ0v) is 18.9. The summed E-state index contributed by atoms with van der Waals surface area (Å²) in [4.78, 5) is 45.2. The highest BCUT2D eigenvalue weighted by molar-refractivity contribution is 6.05. The summed E-state index contributed by atoms with van der Waals surface area (Å²) in [5.74, 6) is 0.278. The van der Waals surface area contributed by atoms with Crippen LogP contribution in [0.4, 0.5) is 5.69 Å². The van der Waals surface area contributed by atoms with Gasteiger partial charge in [-0.3, -0.25) is 24.2 Å². The van der Waals surface area contributed by atoms with Gasteiger partial charge in [0.25, 0.3) is 11.8 Å². The second-order valence-electron chi connectivity index (χ2n) is 9.60. The van der Waals surface area contributed by atoms with Gasteiger partial charge in [-0.2, -0.15) is 0 Å². The van der Waals surface area contributed by atoms with Crippen molar-refractivity contribution < 1.29 is 14.4 Å². The van der Waals surface area contributed by atoms with Gasteiger partial charge < -0.3 is 15.1 Å². The number of nitrogens with one attached hydrogen (secondary N) is 1. The monoisotopic (exact) mass is 439 g/mol. The molecule has 3 saturated heterocycles. The van der Waals surface area contributed by atoms with Gasteiger partial charge in [0, 0.05) is 64.0 Å². The van der Waals surface area contributed by atoms with Gasteiger partial charge in [-0.25, -0.2) is 0 Å². The predicted molar refractivity (Wildman–Crippen MR) is 121 cm³/mol. The molecule has 4 heterocycles. The van der Waals surface area contributed by atoms with Gasteiger partial charge in [0.1, 0.15) is 6.04 Å². The van der Waals surface area contributed by atoms with Crippen LogP contribution in [0.5, 0.6) is 0 Å². The van der Waals surface area contributed by atoms with Crippen LogP contribution in [-0.4, -0.2) is 91.3 Å². The van der Waals surface area contributed by atoms with E-state index in [1.807, 2.05) is 12.1 Å². The normalized spacial score (nSPS) is 25.6. The maximum absolute atomic E-state index is 13.0. The number of piperazine rings is 1. The molecule has 1 N–H and O–H groups in total. The molecule has 3 fully saturated rings. The summed E-state index contributed by atoms with van der Waals surface area (Å²) in [6.07, 6.45) is 3.28. The number of anilines is 1. The SMILES string of the molecule is CN1C(=O)CCC(N2Cc3cc(N4CCN(CC5CCNCC5)CC4)ccc3C2=O)C1=O. The molecule has 0 aromatic heterocycles. The van der Waals surface area contributed by atoms with Crippen molar-refractivity contribution in [1.29, 1.82) is 0 Å². The third kappa shape index (κ3) is 4.01. The van der Waals surface area contributed by atoms with Crippen molar-refractivity contribution in [3.05, 3.63) is 29.3 Å². The zero-order chi connectivity index (χ0) is 22.2. The fourth-order valence-corrected chi connectivity index (χ4v) is 5.58. The van der Waals surface area contributed by atoms with Crippen LogP contribution in [0.3, 0.4) is 0 Å². The number of piperidine rings is 2. The van der Waals surface area contributed by atoms with E-state index in [1.54, 1.807) is 4.90 Å². The molecule has 1 aromatic rings. The topological polar surface area (TPSA) is 76.2 Å². The third-order valence-electron chi connectivity index (χ3n) is 7.63. The predicted octanol–water partition coefficient (Wildman–Crippen LogP) is 0.911. The first-order valence-corrected chi connectivity index (χ1v) is 11.9. The largest absolute Gasteiger partial charge is 0.369 e. The lowest BCUT2D eigenvalue weighted by Gasteiger charge is -2.38. The van der Waals surface area contributed by atoms with Crippen molar-refractivity contribution in [2.24, 2.45) is 5.92 Å². The Balaban J connectivity index is 1.21. The van der Waals surface area contributed by atoms with Crippen molar-refractivity contribution in [3.63, 3.8) is 0 Å². The van der Waals surface area contributed by atoms with Crippen LogP contribution in [0.2, 0.25) is 0 Å². The summed E-state index contributed by atoms with van der Waals surface area (Å²) in [5.41, 5.74) is 2.82. The molecule has 172 valence electrons. The molecule has 0 spiro atoms. The standard InChI is InChI=1S/C24H33N5O3/c1-26-22(30)5-4-21(24(26)32)29-16-18-14-19(2-3-20(18)23(29)31)28-12-10-27(11-13-28)15-17-6-8-25-9-7-17/h2-3,14,17,21,25H,4-13,15-16H2,1H3. The Kier molecular flexibility index (Phi) is 5.90. The molecule has 0 saturated carbocycles. The second kappa shape index (κ2) is 8.83. The molecule has 4 aliphatic rings. The van der Waals surface area contributed by atoms with Crippen molar-refractivity contribution >= 4 is 23.4 Å². The van der Waals surface area contributed by atoms with Crippen LogP contribution < -0.4 is 10.2 Å².